The van der Waals surface area contributed by atoms with Crippen LogP contribution >= 0.6 is 0 Å². The van der Waals surface area contributed by atoms with Crippen LogP contribution in [0.3, 0.4) is 0 Å². The highest BCUT2D eigenvalue weighted by atomic mass is 14.2. The van der Waals surface area contributed by atoms with E-state index < -0.39 is 0 Å². The Morgan fingerprint density at radius 1 is 1.25 bits per heavy atom. The van der Waals surface area contributed by atoms with Crippen molar-refractivity contribution >= 4 is 0 Å². The van der Waals surface area contributed by atoms with E-state index in [1.165, 1.54) is 17.9 Å². The SMILES string of the molecule is CCC(C)[C](C)c1ccccc1. The van der Waals surface area contributed by atoms with Gasteiger partial charge in [0.25, 0.3) is 0 Å². The molecule has 1 unspecified atom stereocenters. The molecule has 0 bridgehead atoms. The summed E-state index contributed by atoms with van der Waals surface area (Å²) in [6.45, 7) is 6.74. The molecule has 0 saturated carbocycles. The zero-order chi connectivity index (χ0) is 8.97. The Hall–Kier alpha value is -0.780. The fourth-order valence-corrected chi connectivity index (χ4v) is 1.29. The lowest BCUT2D eigenvalue weighted by Crippen LogP contribution is -2.05. The number of benzene rings is 1. The summed E-state index contributed by atoms with van der Waals surface area (Å²) in [6.07, 6.45) is 1.22. The second-order valence-electron chi connectivity index (χ2n) is 3.36. The van der Waals surface area contributed by atoms with Crippen LogP contribution in [0.5, 0.6) is 0 Å². The van der Waals surface area contributed by atoms with E-state index in [2.05, 4.69) is 51.1 Å². The van der Waals surface area contributed by atoms with Crippen molar-refractivity contribution in [1.29, 1.82) is 0 Å². The first kappa shape index (κ1) is 9.31. The van der Waals surface area contributed by atoms with Gasteiger partial charge >= 0.3 is 0 Å². The topological polar surface area (TPSA) is 0 Å². The van der Waals surface area contributed by atoms with Gasteiger partial charge in [-0.05, 0) is 11.5 Å². The molecular formula is C12H17. The van der Waals surface area contributed by atoms with E-state index in [0.29, 0.717) is 5.92 Å². The molecule has 0 spiro atoms. The molecule has 0 fully saturated rings. The van der Waals surface area contributed by atoms with Crippen molar-refractivity contribution in [3.05, 3.63) is 41.8 Å². The third-order valence-corrected chi connectivity index (χ3v) is 2.58. The second-order valence-corrected chi connectivity index (χ2v) is 3.36. The zero-order valence-electron chi connectivity index (χ0n) is 8.17. The third-order valence-electron chi connectivity index (χ3n) is 2.58. The Morgan fingerprint density at radius 2 is 1.83 bits per heavy atom. The van der Waals surface area contributed by atoms with E-state index in [1.54, 1.807) is 0 Å². The highest BCUT2D eigenvalue weighted by Gasteiger charge is 2.11. The van der Waals surface area contributed by atoms with Crippen LogP contribution in [0.1, 0.15) is 32.8 Å². The minimum absolute atomic E-state index is 0.701. The molecule has 1 rings (SSSR count). The summed E-state index contributed by atoms with van der Waals surface area (Å²) in [7, 11) is 0. The van der Waals surface area contributed by atoms with Gasteiger partial charge in [0.15, 0.2) is 0 Å². The normalized spacial score (nSPS) is 13.3. The Morgan fingerprint density at radius 3 is 2.33 bits per heavy atom. The molecule has 12 heavy (non-hydrogen) atoms. The van der Waals surface area contributed by atoms with E-state index in [4.69, 9.17) is 0 Å². The van der Waals surface area contributed by atoms with Crippen LogP contribution in [0.15, 0.2) is 30.3 Å². The van der Waals surface area contributed by atoms with Crippen LogP contribution in [0.4, 0.5) is 0 Å². The summed E-state index contributed by atoms with van der Waals surface area (Å²) in [5, 5.41) is 0. The summed E-state index contributed by atoms with van der Waals surface area (Å²) in [4.78, 5) is 0. The van der Waals surface area contributed by atoms with Crippen LogP contribution < -0.4 is 0 Å². The molecule has 0 aliphatic carbocycles. The van der Waals surface area contributed by atoms with Crippen LogP contribution in [-0.4, -0.2) is 0 Å². The molecule has 1 aromatic carbocycles. The molecule has 0 aliphatic rings. The average molecular weight is 161 g/mol. The first-order valence-corrected chi connectivity index (χ1v) is 4.64. The average Bonchev–Trinajstić information content (AvgIpc) is 2.17. The van der Waals surface area contributed by atoms with Gasteiger partial charge in [-0.15, -0.1) is 0 Å². The lowest BCUT2D eigenvalue weighted by atomic mass is 9.87. The van der Waals surface area contributed by atoms with Crippen LogP contribution in [0.25, 0.3) is 0 Å². The zero-order valence-corrected chi connectivity index (χ0v) is 8.17. The van der Waals surface area contributed by atoms with Crippen molar-refractivity contribution in [3.8, 4) is 0 Å². The van der Waals surface area contributed by atoms with Crippen molar-refractivity contribution in [2.24, 2.45) is 5.92 Å². The molecule has 0 aliphatic heterocycles. The summed E-state index contributed by atoms with van der Waals surface area (Å²) in [5.74, 6) is 2.20. The van der Waals surface area contributed by atoms with Gasteiger partial charge in [-0.1, -0.05) is 57.5 Å². The maximum Gasteiger partial charge on any atom is 0.00469 e. The lowest BCUT2D eigenvalue weighted by molar-refractivity contribution is 0.598. The van der Waals surface area contributed by atoms with Gasteiger partial charge in [-0.3, -0.25) is 0 Å². The van der Waals surface area contributed by atoms with E-state index in [9.17, 15) is 0 Å². The predicted molar refractivity (Wildman–Crippen MR) is 53.9 cm³/mol. The summed E-state index contributed by atoms with van der Waals surface area (Å²) >= 11 is 0. The van der Waals surface area contributed by atoms with E-state index in [-0.39, 0.29) is 0 Å². The molecule has 0 N–H and O–H groups in total. The predicted octanol–water partition coefficient (Wildman–Crippen LogP) is 3.68. The highest BCUT2D eigenvalue weighted by molar-refractivity contribution is 5.29. The van der Waals surface area contributed by atoms with Gasteiger partial charge in [0.1, 0.15) is 0 Å². The van der Waals surface area contributed by atoms with Crippen molar-refractivity contribution < 1.29 is 0 Å². The third kappa shape index (κ3) is 2.10. The number of hydrogen-bond acceptors (Lipinski definition) is 0. The Bertz CT molecular complexity index is 213. The standard InChI is InChI=1S/C12H17/c1-4-10(2)11(3)12-8-6-5-7-9-12/h5-10H,4H2,1-3H3. The van der Waals surface area contributed by atoms with Gasteiger partial charge in [-0.25, -0.2) is 0 Å². The number of hydrogen-bond donors (Lipinski definition) is 0. The smallest absolute Gasteiger partial charge is 0.00469 e. The molecule has 0 nitrogen and oxygen atoms in total. The van der Waals surface area contributed by atoms with Crippen molar-refractivity contribution in [3.63, 3.8) is 0 Å². The van der Waals surface area contributed by atoms with Gasteiger partial charge < -0.3 is 0 Å². The minimum Gasteiger partial charge on any atom is -0.0651 e. The molecule has 1 aromatic rings. The van der Waals surface area contributed by atoms with Crippen molar-refractivity contribution in [2.75, 3.05) is 0 Å². The van der Waals surface area contributed by atoms with Gasteiger partial charge in [0, 0.05) is 5.92 Å². The lowest BCUT2D eigenvalue weighted by Gasteiger charge is -2.17. The van der Waals surface area contributed by atoms with E-state index in [0.717, 1.165) is 0 Å². The molecular weight excluding hydrogens is 144 g/mol. The largest absolute Gasteiger partial charge is 0.0651 e. The van der Waals surface area contributed by atoms with Gasteiger partial charge in [0.2, 0.25) is 0 Å². The van der Waals surface area contributed by atoms with Crippen molar-refractivity contribution in [1.82, 2.24) is 0 Å². The number of rotatable bonds is 3. The Labute approximate surface area is 75.6 Å². The molecule has 0 heterocycles. The first-order chi connectivity index (χ1) is 5.75. The monoisotopic (exact) mass is 161 g/mol. The summed E-state index contributed by atoms with van der Waals surface area (Å²) in [5.41, 5.74) is 1.38. The van der Waals surface area contributed by atoms with Crippen LogP contribution in [-0.2, 0) is 0 Å². The van der Waals surface area contributed by atoms with E-state index >= 15 is 0 Å². The maximum atomic E-state index is 2.28. The molecule has 1 atom stereocenters. The van der Waals surface area contributed by atoms with E-state index in [1.807, 2.05) is 0 Å². The van der Waals surface area contributed by atoms with Gasteiger partial charge in [-0.2, -0.15) is 0 Å². The Balaban J connectivity index is 2.71. The highest BCUT2D eigenvalue weighted by Crippen LogP contribution is 2.24. The maximum absolute atomic E-state index is 2.28. The summed E-state index contributed by atoms with van der Waals surface area (Å²) < 4.78 is 0. The van der Waals surface area contributed by atoms with Gasteiger partial charge in [0.05, 0.1) is 0 Å². The molecule has 0 heteroatoms. The molecule has 0 amide bonds. The summed E-state index contributed by atoms with van der Waals surface area (Å²) in [6, 6.07) is 10.6. The molecule has 65 valence electrons. The van der Waals surface area contributed by atoms with Crippen LogP contribution in [0, 0.1) is 11.8 Å². The van der Waals surface area contributed by atoms with Crippen LogP contribution in [0.2, 0.25) is 0 Å². The second kappa shape index (κ2) is 4.30. The minimum atomic E-state index is 0.701. The van der Waals surface area contributed by atoms with Crippen molar-refractivity contribution in [2.45, 2.75) is 27.2 Å². The molecule has 0 aromatic heterocycles. The quantitative estimate of drug-likeness (QED) is 0.634. The molecule has 0 saturated heterocycles. The first-order valence-electron chi connectivity index (χ1n) is 4.64. The fourth-order valence-electron chi connectivity index (χ4n) is 1.29. The Kier molecular flexibility index (Phi) is 3.33. The molecule has 1 radical (unpaired) electrons. The fraction of sp³-hybridized carbons (Fsp3) is 0.417.